The molecule has 1 fully saturated rings. The van der Waals surface area contributed by atoms with Crippen molar-refractivity contribution >= 4 is 17.4 Å². The Morgan fingerprint density at radius 3 is 2.62 bits per heavy atom. The third-order valence-corrected chi connectivity index (χ3v) is 4.29. The number of piperazine rings is 1. The topological polar surface area (TPSA) is 79.8 Å². The van der Waals surface area contributed by atoms with E-state index in [4.69, 9.17) is 9.47 Å². The normalized spacial score (nSPS) is 14.8. The van der Waals surface area contributed by atoms with Crippen molar-refractivity contribution in [2.24, 2.45) is 0 Å². The monoisotopic (exact) mass is 357 g/mol. The van der Waals surface area contributed by atoms with E-state index in [2.05, 4.69) is 25.1 Å². The smallest absolute Gasteiger partial charge is 0.238 e. The Morgan fingerprint density at radius 2 is 1.96 bits per heavy atom. The molecule has 1 N–H and O–H groups in total. The van der Waals surface area contributed by atoms with Crippen molar-refractivity contribution in [3.8, 4) is 11.5 Å². The van der Waals surface area contributed by atoms with Gasteiger partial charge in [0, 0.05) is 44.6 Å². The number of amides is 1. The first-order valence-electron chi connectivity index (χ1n) is 8.45. The van der Waals surface area contributed by atoms with Crippen LogP contribution in [0.1, 0.15) is 0 Å². The standard InChI is InChI=1S/C18H23N5O3/c1-25-14-3-4-16(26-2)15(11-14)21-18(24)13-22-7-9-23(10-8-22)17-12-19-5-6-20-17/h3-6,11-12H,7-10,13H2,1-2H3,(H,21,24). The number of nitrogens with zero attached hydrogens (tertiary/aromatic N) is 4. The molecule has 1 aromatic carbocycles. The minimum absolute atomic E-state index is 0.0792. The summed E-state index contributed by atoms with van der Waals surface area (Å²) in [7, 11) is 3.16. The second-order valence-electron chi connectivity index (χ2n) is 5.94. The van der Waals surface area contributed by atoms with Crippen molar-refractivity contribution in [3.63, 3.8) is 0 Å². The zero-order valence-corrected chi connectivity index (χ0v) is 15.0. The summed E-state index contributed by atoms with van der Waals surface area (Å²) in [5.41, 5.74) is 0.607. The van der Waals surface area contributed by atoms with E-state index >= 15 is 0 Å². The van der Waals surface area contributed by atoms with Crippen molar-refractivity contribution in [1.82, 2.24) is 14.9 Å². The van der Waals surface area contributed by atoms with Crippen molar-refractivity contribution in [3.05, 3.63) is 36.8 Å². The number of carbonyl (C=O) groups is 1. The van der Waals surface area contributed by atoms with E-state index in [1.54, 1.807) is 51.0 Å². The Morgan fingerprint density at radius 1 is 1.15 bits per heavy atom. The SMILES string of the molecule is COc1ccc(OC)c(NC(=O)CN2CCN(c3cnccn3)CC2)c1. The van der Waals surface area contributed by atoms with E-state index in [0.29, 0.717) is 23.7 Å². The average molecular weight is 357 g/mol. The van der Waals surface area contributed by atoms with Gasteiger partial charge in [-0.25, -0.2) is 4.98 Å². The van der Waals surface area contributed by atoms with Gasteiger partial charge in [0.05, 0.1) is 32.6 Å². The molecule has 2 heterocycles. The van der Waals surface area contributed by atoms with E-state index in [1.807, 2.05) is 0 Å². The molecule has 8 nitrogen and oxygen atoms in total. The fourth-order valence-corrected chi connectivity index (χ4v) is 2.89. The molecule has 1 aliphatic rings. The summed E-state index contributed by atoms with van der Waals surface area (Å²) in [6, 6.07) is 5.32. The number of carbonyl (C=O) groups excluding carboxylic acids is 1. The van der Waals surface area contributed by atoms with Gasteiger partial charge in [0.15, 0.2) is 0 Å². The fourth-order valence-electron chi connectivity index (χ4n) is 2.89. The van der Waals surface area contributed by atoms with Gasteiger partial charge in [-0.15, -0.1) is 0 Å². The molecule has 1 amide bonds. The van der Waals surface area contributed by atoms with Gasteiger partial charge in [0.25, 0.3) is 0 Å². The van der Waals surface area contributed by atoms with Crippen molar-refractivity contribution < 1.29 is 14.3 Å². The molecule has 0 atom stereocenters. The first-order valence-corrected chi connectivity index (χ1v) is 8.45. The van der Waals surface area contributed by atoms with E-state index in [0.717, 1.165) is 32.0 Å². The number of methoxy groups -OCH3 is 2. The van der Waals surface area contributed by atoms with Gasteiger partial charge >= 0.3 is 0 Å². The first-order chi connectivity index (χ1) is 12.7. The quantitative estimate of drug-likeness (QED) is 0.833. The van der Waals surface area contributed by atoms with Crippen molar-refractivity contribution in [1.29, 1.82) is 0 Å². The molecule has 138 valence electrons. The molecule has 0 spiro atoms. The molecular weight excluding hydrogens is 334 g/mol. The number of hydrogen-bond donors (Lipinski definition) is 1. The lowest BCUT2D eigenvalue weighted by atomic mass is 10.2. The van der Waals surface area contributed by atoms with Crippen LogP contribution < -0.4 is 19.7 Å². The summed E-state index contributed by atoms with van der Waals surface area (Å²) < 4.78 is 10.5. The summed E-state index contributed by atoms with van der Waals surface area (Å²) >= 11 is 0. The minimum atomic E-state index is -0.0792. The third kappa shape index (κ3) is 4.40. The second kappa shape index (κ2) is 8.48. The highest BCUT2D eigenvalue weighted by atomic mass is 16.5. The highest BCUT2D eigenvalue weighted by Gasteiger charge is 2.20. The van der Waals surface area contributed by atoms with Crippen LogP contribution in [0.25, 0.3) is 0 Å². The van der Waals surface area contributed by atoms with E-state index in [-0.39, 0.29) is 5.91 Å². The number of hydrogen-bond acceptors (Lipinski definition) is 7. The molecule has 0 aliphatic carbocycles. The molecule has 0 bridgehead atoms. The zero-order valence-electron chi connectivity index (χ0n) is 15.0. The molecule has 3 rings (SSSR count). The number of anilines is 2. The Hall–Kier alpha value is -2.87. The summed E-state index contributed by atoms with van der Waals surface area (Å²) in [4.78, 5) is 25.1. The Kier molecular flexibility index (Phi) is 5.85. The van der Waals surface area contributed by atoms with Crippen LogP contribution in [0.3, 0.4) is 0 Å². The molecular formula is C18H23N5O3. The summed E-state index contributed by atoms with van der Waals surface area (Å²) in [6.45, 7) is 3.54. The summed E-state index contributed by atoms with van der Waals surface area (Å²) in [5.74, 6) is 2.06. The van der Waals surface area contributed by atoms with Gasteiger partial charge in [-0.05, 0) is 12.1 Å². The molecule has 26 heavy (non-hydrogen) atoms. The van der Waals surface area contributed by atoms with Crippen LogP contribution in [0.2, 0.25) is 0 Å². The molecule has 1 aliphatic heterocycles. The molecule has 1 saturated heterocycles. The molecule has 1 aromatic heterocycles. The number of benzene rings is 1. The van der Waals surface area contributed by atoms with Crippen LogP contribution in [0.4, 0.5) is 11.5 Å². The van der Waals surface area contributed by atoms with Gasteiger partial charge in [-0.3, -0.25) is 14.7 Å². The number of nitrogens with one attached hydrogen (secondary N) is 1. The van der Waals surface area contributed by atoms with Gasteiger partial charge < -0.3 is 19.7 Å². The molecule has 0 unspecified atom stereocenters. The maximum absolute atomic E-state index is 12.4. The van der Waals surface area contributed by atoms with Crippen LogP contribution >= 0.6 is 0 Å². The van der Waals surface area contributed by atoms with Gasteiger partial charge in [0.1, 0.15) is 17.3 Å². The lowest BCUT2D eigenvalue weighted by molar-refractivity contribution is -0.117. The summed E-state index contributed by atoms with van der Waals surface area (Å²) in [5, 5.41) is 2.90. The Bertz CT molecular complexity index is 733. The predicted molar refractivity (Wildman–Crippen MR) is 98.9 cm³/mol. The van der Waals surface area contributed by atoms with E-state index in [9.17, 15) is 4.79 Å². The maximum Gasteiger partial charge on any atom is 0.238 e. The molecule has 2 aromatic rings. The second-order valence-corrected chi connectivity index (χ2v) is 5.94. The predicted octanol–water partition coefficient (Wildman–Crippen LogP) is 1.25. The lowest BCUT2D eigenvalue weighted by Gasteiger charge is -2.34. The Labute approximate surface area is 152 Å². The first kappa shape index (κ1) is 17.9. The van der Waals surface area contributed by atoms with Crippen molar-refractivity contribution in [2.45, 2.75) is 0 Å². The van der Waals surface area contributed by atoms with Crippen LogP contribution in [-0.4, -0.2) is 67.7 Å². The molecule has 8 heteroatoms. The highest BCUT2D eigenvalue weighted by Crippen LogP contribution is 2.28. The zero-order chi connectivity index (χ0) is 18.4. The van der Waals surface area contributed by atoms with Crippen LogP contribution in [0, 0.1) is 0 Å². The number of aromatic nitrogens is 2. The number of ether oxygens (including phenoxy) is 2. The van der Waals surface area contributed by atoms with Crippen LogP contribution in [-0.2, 0) is 4.79 Å². The largest absolute Gasteiger partial charge is 0.497 e. The van der Waals surface area contributed by atoms with Crippen molar-refractivity contribution in [2.75, 3.05) is 57.2 Å². The Balaban J connectivity index is 1.53. The minimum Gasteiger partial charge on any atom is -0.497 e. The van der Waals surface area contributed by atoms with Crippen LogP contribution in [0.5, 0.6) is 11.5 Å². The van der Waals surface area contributed by atoms with Gasteiger partial charge in [-0.2, -0.15) is 0 Å². The number of rotatable bonds is 6. The lowest BCUT2D eigenvalue weighted by Crippen LogP contribution is -2.49. The van der Waals surface area contributed by atoms with E-state index < -0.39 is 0 Å². The average Bonchev–Trinajstić information content (AvgIpc) is 2.69. The summed E-state index contributed by atoms with van der Waals surface area (Å²) in [6.07, 6.45) is 5.12. The molecule has 0 radical (unpaired) electrons. The highest BCUT2D eigenvalue weighted by molar-refractivity contribution is 5.94. The fraction of sp³-hybridized carbons (Fsp3) is 0.389. The van der Waals surface area contributed by atoms with E-state index in [1.165, 1.54) is 0 Å². The van der Waals surface area contributed by atoms with Gasteiger partial charge in [0.2, 0.25) is 5.91 Å². The maximum atomic E-state index is 12.4. The van der Waals surface area contributed by atoms with Crippen LogP contribution in [0.15, 0.2) is 36.8 Å². The van der Waals surface area contributed by atoms with Gasteiger partial charge in [-0.1, -0.05) is 0 Å². The molecule has 0 saturated carbocycles. The third-order valence-electron chi connectivity index (χ3n) is 4.29.